The van der Waals surface area contributed by atoms with Gasteiger partial charge in [-0.1, -0.05) is 0 Å². The molecular formula is Cl5NOs-2. The van der Waals surface area contributed by atoms with E-state index in [9.17, 15) is 0 Å². The van der Waals surface area contributed by atoms with Gasteiger partial charge < -0.3 is 0 Å². The van der Waals surface area contributed by atoms with Crippen molar-refractivity contribution in [3.63, 3.8) is 0 Å². The Hall–Kier alpha value is 1.80. The molecule has 0 unspecified atom stereocenters. The van der Waals surface area contributed by atoms with Crippen molar-refractivity contribution in [3.05, 3.63) is 0 Å². The van der Waals surface area contributed by atoms with Crippen LogP contribution in [0.1, 0.15) is 0 Å². The van der Waals surface area contributed by atoms with Crippen LogP contribution in [-0.2, 0) is 7.28 Å². The van der Waals surface area contributed by atoms with Crippen molar-refractivity contribution in [1.29, 1.82) is 3.88 Å². The summed E-state index contributed by atoms with van der Waals surface area (Å²) in [5.41, 5.74) is 0. The van der Waals surface area contributed by atoms with Crippen LogP contribution in [-0.4, -0.2) is 0 Å². The summed E-state index contributed by atoms with van der Waals surface area (Å²) in [6.07, 6.45) is 0. The van der Waals surface area contributed by atoms with Gasteiger partial charge in [-0.25, -0.2) is 0 Å². The van der Waals surface area contributed by atoms with Crippen LogP contribution in [0.4, 0.5) is 0 Å². The molecule has 0 spiro atoms. The van der Waals surface area contributed by atoms with Crippen LogP contribution in [0, 0.1) is 3.88 Å². The molecule has 0 saturated heterocycles. The van der Waals surface area contributed by atoms with Crippen molar-refractivity contribution >= 4 is 48.2 Å². The molecule has 0 radical (unpaired) electrons. The van der Waals surface area contributed by atoms with E-state index in [0.717, 1.165) is 0 Å². The van der Waals surface area contributed by atoms with E-state index in [1.165, 1.54) is 0 Å². The minimum atomic E-state index is -5.85. The Morgan fingerprint density at radius 3 is 0.857 bits per heavy atom. The molecule has 0 aliphatic carbocycles. The summed E-state index contributed by atoms with van der Waals surface area (Å²) in [6.45, 7) is 0. The van der Waals surface area contributed by atoms with Crippen LogP contribution < -0.4 is 0 Å². The Kier molecular flexibility index (Phi) is 1.60. The van der Waals surface area contributed by atoms with Gasteiger partial charge in [-0.3, -0.25) is 0 Å². The third-order valence-corrected chi connectivity index (χ3v) is 0. The van der Waals surface area contributed by atoms with Gasteiger partial charge in [0.1, 0.15) is 0 Å². The monoisotopic (exact) mass is 381 g/mol. The zero-order valence-electron chi connectivity index (χ0n) is 2.69. The SMILES string of the molecule is [N]#[Os-2]([Cl])([Cl])([Cl])([Cl])[Cl]. The topological polar surface area (TPSA) is 23.8 Å². The number of rotatable bonds is 0. The maximum absolute atomic E-state index is 8.47. The molecule has 50 valence electrons. The molecule has 0 rings (SSSR count). The Bertz CT molecular complexity index is 181. The Morgan fingerprint density at radius 1 is 0.857 bits per heavy atom. The second kappa shape index (κ2) is 1.28. The molecule has 0 atom stereocenters. The fourth-order valence-electron chi connectivity index (χ4n) is 0. The van der Waals surface area contributed by atoms with Gasteiger partial charge in [0, 0.05) is 0 Å². The van der Waals surface area contributed by atoms with Crippen molar-refractivity contribution in [2.75, 3.05) is 0 Å². The van der Waals surface area contributed by atoms with Crippen LogP contribution in [0.3, 0.4) is 0 Å². The van der Waals surface area contributed by atoms with E-state index in [4.69, 9.17) is 52.1 Å². The number of halogens is 5. The number of hydrogen-bond acceptors (Lipinski definition) is 1. The summed E-state index contributed by atoms with van der Waals surface area (Å²) in [5, 5.41) is 0. The summed E-state index contributed by atoms with van der Waals surface area (Å²) in [7, 11) is 18.4. The molecule has 0 aliphatic heterocycles. The molecule has 1 nitrogen and oxygen atoms in total. The Morgan fingerprint density at radius 2 is 0.857 bits per heavy atom. The van der Waals surface area contributed by atoms with Gasteiger partial charge in [-0.15, -0.1) is 0 Å². The second-order valence-electron chi connectivity index (χ2n) is 0.804. The zero-order chi connectivity index (χ0) is 6.41. The first-order chi connectivity index (χ1) is 2.45. The van der Waals surface area contributed by atoms with E-state index in [0.29, 0.717) is 0 Å². The quantitative estimate of drug-likeness (QED) is 0.630. The van der Waals surface area contributed by atoms with E-state index >= 15 is 0 Å². The molecule has 0 heterocycles. The predicted octanol–water partition coefficient (Wildman–Crippen LogP) is 3.46. The number of nitrogens with zero attached hydrogens (tertiary/aromatic N) is 1. The van der Waals surface area contributed by atoms with Gasteiger partial charge in [0.25, 0.3) is 0 Å². The van der Waals surface area contributed by atoms with Crippen LogP contribution in [0.2, 0.25) is 0 Å². The van der Waals surface area contributed by atoms with Crippen molar-refractivity contribution < 1.29 is 7.28 Å². The Labute approximate surface area is 58.8 Å². The zero-order valence-corrected chi connectivity index (χ0v) is 9.01. The fraction of sp³-hybridized carbons (Fsp3) is 0. The van der Waals surface area contributed by atoms with Gasteiger partial charge >= 0.3 is 59.3 Å². The second-order valence-corrected chi connectivity index (χ2v) is 44.5. The summed E-state index contributed by atoms with van der Waals surface area (Å²) in [6, 6.07) is 0. The standard InChI is InChI=1S/5ClH.N.Os/h5*1H;;/q;;;;;;+3/p-5. The van der Waals surface area contributed by atoms with Gasteiger partial charge in [0.2, 0.25) is 0 Å². The van der Waals surface area contributed by atoms with E-state index in [1.807, 2.05) is 0 Å². The molecule has 0 saturated carbocycles. The number of hydrogen-bond donors (Lipinski definition) is 0. The third kappa shape index (κ3) is 81.2. The van der Waals surface area contributed by atoms with Gasteiger partial charge in [0.05, 0.1) is 0 Å². The van der Waals surface area contributed by atoms with Crippen LogP contribution >= 0.6 is 48.2 Å². The van der Waals surface area contributed by atoms with Gasteiger partial charge in [-0.05, 0) is 0 Å². The summed E-state index contributed by atoms with van der Waals surface area (Å²) in [4.78, 5) is 0. The van der Waals surface area contributed by atoms with Crippen LogP contribution in [0.15, 0.2) is 0 Å². The normalized spacial score (nSPS) is 22.9. The van der Waals surface area contributed by atoms with Crippen molar-refractivity contribution in [2.24, 2.45) is 0 Å². The molecule has 7 heavy (non-hydrogen) atoms. The fourth-order valence-corrected chi connectivity index (χ4v) is 0. The third-order valence-electron chi connectivity index (χ3n) is 0. The minimum absolute atomic E-state index is 4.85. The van der Waals surface area contributed by atoms with E-state index in [2.05, 4.69) is 0 Å². The average molecular weight is 382 g/mol. The first kappa shape index (κ1) is 8.80. The van der Waals surface area contributed by atoms with E-state index in [-0.39, 0.29) is 0 Å². The summed E-state index contributed by atoms with van der Waals surface area (Å²) < 4.78 is 8.47. The maximum atomic E-state index is 8.47. The molecule has 0 aromatic heterocycles. The van der Waals surface area contributed by atoms with Crippen molar-refractivity contribution in [1.82, 2.24) is 0 Å². The van der Waals surface area contributed by atoms with Crippen molar-refractivity contribution in [3.8, 4) is 0 Å². The molecule has 0 aromatic carbocycles. The molecule has 0 N–H and O–H groups in total. The van der Waals surface area contributed by atoms with Crippen LogP contribution in [0.25, 0.3) is 0 Å². The Balaban J connectivity index is 5.02. The van der Waals surface area contributed by atoms with Gasteiger partial charge in [-0.2, -0.15) is 0 Å². The summed E-state index contributed by atoms with van der Waals surface area (Å²) in [5.74, 6) is 0. The first-order valence-electron chi connectivity index (χ1n) is 0.826. The van der Waals surface area contributed by atoms with Gasteiger partial charge in [0.15, 0.2) is 0 Å². The first-order valence-corrected chi connectivity index (χ1v) is 17.7. The van der Waals surface area contributed by atoms with Crippen molar-refractivity contribution in [2.45, 2.75) is 0 Å². The molecule has 0 fully saturated rings. The molecular weight excluding hydrogens is 382 g/mol. The van der Waals surface area contributed by atoms with E-state index in [1.54, 1.807) is 0 Å². The van der Waals surface area contributed by atoms with Crippen LogP contribution in [0.5, 0.6) is 0 Å². The molecule has 0 aromatic rings. The molecule has 7 heteroatoms. The predicted molar refractivity (Wildman–Crippen MR) is 31.0 cm³/mol. The summed E-state index contributed by atoms with van der Waals surface area (Å²) >= 11 is 0. The molecule has 0 aliphatic rings. The van der Waals surface area contributed by atoms with E-state index < -0.39 is 7.28 Å². The molecule has 0 amide bonds. The average Bonchev–Trinajstić information content (AvgIpc) is 0.592. The molecule has 0 bridgehead atoms.